The maximum absolute atomic E-state index is 12.9. The molecule has 1 aliphatic carbocycles. The van der Waals surface area contributed by atoms with E-state index in [-0.39, 0.29) is 11.6 Å². The number of halogens is 1. The zero-order valence-electron chi connectivity index (χ0n) is 9.11. The van der Waals surface area contributed by atoms with E-state index < -0.39 is 6.08 Å². The Balaban J connectivity index is 1.69. The van der Waals surface area contributed by atoms with Gasteiger partial charge in [-0.25, -0.2) is 4.98 Å². The zero-order valence-corrected chi connectivity index (χ0v) is 9.11. The minimum Gasteiger partial charge on any atom is -0.380 e. The van der Waals surface area contributed by atoms with E-state index in [0.29, 0.717) is 11.2 Å². The van der Waals surface area contributed by atoms with Gasteiger partial charge < -0.3 is 10.1 Å². The van der Waals surface area contributed by atoms with E-state index in [9.17, 15) is 4.39 Å². The molecule has 1 saturated heterocycles. The summed E-state index contributed by atoms with van der Waals surface area (Å²) in [5.41, 5.74) is 0.605. The Morgan fingerprint density at radius 1 is 1.53 bits per heavy atom. The number of aromatic nitrogens is 2. The van der Waals surface area contributed by atoms with Gasteiger partial charge in [0.25, 0.3) is 0 Å². The number of nitrogens with one attached hydrogen (secondary N) is 1. The summed E-state index contributed by atoms with van der Waals surface area (Å²) >= 11 is 0. The number of ether oxygens (including phenoxy) is 1. The lowest BCUT2D eigenvalue weighted by Crippen LogP contribution is -2.56. The molecule has 17 heavy (non-hydrogen) atoms. The van der Waals surface area contributed by atoms with Crippen LogP contribution in [-0.4, -0.2) is 29.2 Å². The average Bonchev–Trinajstić information content (AvgIpc) is 2.20. The van der Waals surface area contributed by atoms with Gasteiger partial charge in [-0.15, -0.1) is 0 Å². The topological polar surface area (TPSA) is 70.8 Å². The lowest BCUT2D eigenvalue weighted by atomic mass is 9.64. The fourth-order valence-electron chi connectivity index (χ4n) is 2.46. The monoisotopic (exact) mass is 234 g/mol. The molecule has 1 aliphatic heterocycles. The third-order valence-electron chi connectivity index (χ3n) is 3.40. The molecule has 1 spiro atoms. The summed E-state index contributed by atoms with van der Waals surface area (Å²) in [5, 5.41) is 12.0. The van der Waals surface area contributed by atoms with E-state index in [1.165, 1.54) is 6.20 Å². The van der Waals surface area contributed by atoms with Crippen LogP contribution in [0.4, 0.5) is 10.2 Å². The van der Waals surface area contributed by atoms with E-state index in [2.05, 4.69) is 15.3 Å². The molecule has 6 heteroatoms. The highest BCUT2D eigenvalue weighted by Crippen LogP contribution is 2.47. The van der Waals surface area contributed by atoms with Crippen LogP contribution in [0.5, 0.6) is 0 Å². The quantitative estimate of drug-likeness (QED) is 0.775. The highest BCUT2D eigenvalue weighted by molar-refractivity contribution is 5.51. The molecule has 0 aromatic carbocycles. The molecule has 0 bridgehead atoms. The van der Waals surface area contributed by atoms with Crippen molar-refractivity contribution in [3.05, 3.63) is 17.8 Å². The Labute approximate surface area is 97.6 Å². The first-order chi connectivity index (χ1) is 8.21. The second-order valence-corrected chi connectivity index (χ2v) is 4.76. The lowest BCUT2D eigenvalue weighted by molar-refractivity contribution is -0.159. The van der Waals surface area contributed by atoms with E-state index >= 15 is 0 Å². The van der Waals surface area contributed by atoms with Crippen LogP contribution in [0.1, 0.15) is 18.4 Å². The average molecular weight is 234 g/mol. The van der Waals surface area contributed by atoms with Crippen molar-refractivity contribution in [3.8, 4) is 6.07 Å². The smallest absolute Gasteiger partial charge is 0.310 e. The van der Waals surface area contributed by atoms with Crippen molar-refractivity contribution >= 4 is 5.82 Å². The van der Waals surface area contributed by atoms with Crippen molar-refractivity contribution in [2.75, 3.05) is 18.5 Å². The number of nitriles is 1. The highest BCUT2D eigenvalue weighted by atomic mass is 19.1. The van der Waals surface area contributed by atoms with E-state index in [1.54, 1.807) is 0 Å². The van der Waals surface area contributed by atoms with Crippen LogP contribution in [-0.2, 0) is 4.74 Å². The van der Waals surface area contributed by atoms with Crippen LogP contribution >= 0.6 is 0 Å². The standard InChI is InChI=1S/C11H11FN4O/c12-10-14-4-7(3-13)9(16-10)15-8-1-11(2-8)5-17-6-11/h4,8H,1-2,5-6H2,(H,14,15,16). The highest BCUT2D eigenvalue weighted by Gasteiger charge is 2.49. The lowest BCUT2D eigenvalue weighted by Gasteiger charge is -2.53. The maximum atomic E-state index is 12.9. The molecule has 1 N–H and O–H groups in total. The van der Waals surface area contributed by atoms with Gasteiger partial charge in [-0.05, 0) is 12.8 Å². The summed E-state index contributed by atoms with van der Waals surface area (Å²) in [6.45, 7) is 1.63. The van der Waals surface area contributed by atoms with Gasteiger partial charge >= 0.3 is 6.08 Å². The van der Waals surface area contributed by atoms with Crippen molar-refractivity contribution in [3.63, 3.8) is 0 Å². The van der Waals surface area contributed by atoms with Crippen molar-refractivity contribution in [2.24, 2.45) is 5.41 Å². The molecule has 3 rings (SSSR count). The third kappa shape index (κ3) is 1.72. The fraction of sp³-hybridized carbons (Fsp3) is 0.545. The normalized spacial score (nSPS) is 21.4. The van der Waals surface area contributed by atoms with Crippen molar-refractivity contribution in [2.45, 2.75) is 18.9 Å². The fourth-order valence-corrected chi connectivity index (χ4v) is 2.46. The molecule has 5 nitrogen and oxygen atoms in total. The van der Waals surface area contributed by atoms with Crippen molar-refractivity contribution in [1.82, 2.24) is 9.97 Å². The van der Waals surface area contributed by atoms with Crippen molar-refractivity contribution < 1.29 is 9.13 Å². The predicted molar refractivity (Wildman–Crippen MR) is 56.6 cm³/mol. The first-order valence-electron chi connectivity index (χ1n) is 5.48. The van der Waals surface area contributed by atoms with Crippen LogP contribution in [0.15, 0.2) is 6.20 Å². The Bertz CT molecular complexity index is 487. The molecule has 2 heterocycles. The number of hydrogen-bond donors (Lipinski definition) is 1. The molecule has 1 aromatic rings. The summed E-state index contributed by atoms with van der Waals surface area (Å²) in [7, 11) is 0. The Morgan fingerprint density at radius 2 is 2.29 bits per heavy atom. The molecule has 0 atom stereocenters. The first-order valence-corrected chi connectivity index (χ1v) is 5.48. The Hall–Kier alpha value is -1.74. The minimum atomic E-state index is -0.812. The Morgan fingerprint density at radius 3 is 2.88 bits per heavy atom. The molecule has 1 saturated carbocycles. The number of anilines is 1. The molecular formula is C11H11FN4O. The second-order valence-electron chi connectivity index (χ2n) is 4.76. The molecule has 0 amide bonds. The molecule has 1 aromatic heterocycles. The SMILES string of the molecule is N#Cc1cnc(F)nc1NC1CC2(COC2)C1. The summed E-state index contributed by atoms with van der Waals surface area (Å²) in [6.07, 6.45) is 2.37. The number of hydrogen-bond acceptors (Lipinski definition) is 5. The summed E-state index contributed by atoms with van der Waals surface area (Å²) in [6, 6.07) is 2.20. The Kier molecular flexibility index (Phi) is 2.23. The summed E-state index contributed by atoms with van der Waals surface area (Å²) in [4.78, 5) is 6.97. The minimum absolute atomic E-state index is 0.250. The van der Waals surface area contributed by atoms with Gasteiger partial charge in [0.1, 0.15) is 11.6 Å². The zero-order chi connectivity index (χ0) is 11.9. The largest absolute Gasteiger partial charge is 0.380 e. The van der Waals surface area contributed by atoms with Gasteiger partial charge in [-0.1, -0.05) is 0 Å². The summed E-state index contributed by atoms with van der Waals surface area (Å²) in [5.74, 6) is 0.292. The molecule has 2 fully saturated rings. The van der Waals surface area contributed by atoms with Gasteiger partial charge in [0.2, 0.25) is 0 Å². The van der Waals surface area contributed by atoms with Gasteiger partial charge in [0.05, 0.1) is 19.4 Å². The molecule has 0 radical (unpaired) electrons. The number of rotatable bonds is 2. The summed E-state index contributed by atoms with van der Waals surface area (Å²) < 4.78 is 18.1. The third-order valence-corrected chi connectivity index (χ3v) is 3.40. The predicted octanol–water partition coefficient (Wildman–Crippen LogP) is 1.08. The van der Waals surface area contributed by atoms with E-state index in [0.717, 1.165) is 26.1 Å². The van der Waals surface area contributed by atoms with Crippen LogP contribution < -0.4 is 5.32 Å². The van der Waals surface area contributed by atoms with Crippen LogP contribution in [0.2, 0.25) is 0 Å². The van der Waals surface area contributed by atoms with Gasteiger partial charge in [-0.3, -0.25) is 0 Å². The van der Waals surface area contributed by atoms with Gasteiger partial charge in [0.15, 0.2) is 5.82 Å². The molecular weight excluding hydrogens is 223 g/mol. The maximum Gasteiger partial charge on any atom is 0.310 e. The van der Waals surface area contributed by atoms with Crippen LogP contribution in [0.25, 0.3) is 0 Å². The number of nitrogens with zero attached hydrogens (tertiary/aromatic N) is 3. The van der Waals surface area contributed by atoms with E-state index in [4.69, 9.17) is 10.00 Å². The first kappa shape index (κ1) is 10.4. The van der Waals surface area contributed by atoms with Gasteiger partial charge in [-0.2, -0.15) is 14.6 Å². The molecule has 0 unspecified atom stereocenters. The molecule has 2 aliphatic rings. The van der Waals surface area contributed by atoms with E-state index in [1.807, 2.05) is 6.07 Å². The van der Waals surface area contributed by atoms with Crippen LogP contribution in [0.3, 0.4) is 0 Å². The second kappa shape index (κ2) is 3.64. The van der Waals surface area contributed by atoms with Crippen LogP contribution in [0, 0.1) is 22.8 Å². The van der Waals surface area contributed by atoms with Gasteiger partial charge in [0, 0.05) is 11.5 Å². The molecule has 88 valence electrons. The van der Waals surface area contributed by atoms with Crippen molar-refractivity contribution in [1.29, 1.82) is 5.26 Å².